The quantitative estimate of drug-likeness (QED) is 0.697. The summed E-state index contributed by atoms with van der Waals surface area (Å²) >= 11 is 0. The third-order valence-electron chi connectivity index (χ3n) is 4.60. The van der Waals surface area contributed by atoms with E-state index < -0.39 is 12.0 Å². The number of ether oxygens (including phenoxy) is 1. The Morgan fingerprint density at radius 1 is 1.45 bits per heavy atom. The molecule has 0 bridgehead atoms. The molecular formula is C14H24ClN3O4. The number of hydrogen-bond acceptors (Lipinski definition) is 5. The van der Waals surface area contributed by atoms with Crippen LogP contribution in [0.2, 0.25) is 0 Å². The topological polar surface area (TPSA) is 102 Å². The molecular weight excluding hydrogens is 310 g/mol. The van der Waals surface area contributed by atoms with Gasteiger partial charge in [0.05, 0.1) is 7.11 Å². The molecule has 2 heterocycles. The summed E-state index contributed by atoms with van der Waals surface area (Å²) in [5, 5.41) is 3.06. The maximum atomic E-state index is 12.1. The van der Waals surface area contributed by atoms with Gasteiger partial charge in [-0.3, -0.25) is 14.4 Å². The highest BCUT2D eigenvalue weighted by Gasteiger charge is 2.46. The van der Waals surface area contributed by atoms with Crippen LogP contribution in [-0.4, -0.2) is 54.5 Å². The van der Waals surface area contributed by atoms with E-state index in [9.17, 15) is 14.4 Å². The fourth-order valence-corrected chi connectivity index (χ4v) is 3.30. The van der Waals surface area contributed by atoms with Crippen LogP contribution in [-0.2, 0) is 19.1 Å². The van der Waals surface area contributed by atoms with Gasteiger partial charge < -0.3 is 20.7 Å². The Balaban J connectivity index is 0.00000242. The Morgan fingerprint density at radius 2 is 2.05 bits per heavy atom. The Bertz CT molecular complexity index is 449. The van der Waals surface area contributed by atoms with Gasteiger partial charge in [-0.1, -0.05) is 0 Å². The molecule has 0 radical (unpaired) electrons. The molecule has 22 heavy (non-hydrogen) atoms. The van der Waals surface area contributed by atoms with E-state index in [2.05, 4.69) is 10.1 Å². The summed E-state index contributed by atoms with van der Waals surface area (Å²) < 4.78 is 4.60. The summed E-state index contributed by atoms with van der Waals surface area (Å²) in [5.41, 5.74) is 5.50. The van der Waals surface area contributed by atoms with Gasteiger partial charge in [0.15, 0.2) is 0 Å². The molecule has 7 nitrogen and oxygen atoms in total. The van der Waals surface area contributed by atoms with Crippen molar-refractivity contribution in [1.29, 1.82) is 0 Å². The normalized spacial score (nSPS) is 24.4. The van der Waals surface area contributed by atoms with E-state index in [-0.39, 0.29) is 35.7 Å². The number of rotatable bonds is 3. The molecule has 0 saturated carbocycles. The van der Waals surface area contributed by atoms with E-state index in [1.54, 1.807) is 11.8 Å². The third-order valence-corrected chi connectivity index (χ3v) is 4.60. The van der Waals surface area contributed by atoms with Crippen LogP contribution in [0.4, 0.5) is 0 Å². The lowest BCUT2D eigenvalue weighted by Gasteiger charge is -2.39. The van der Waals surface area contributed by atoms with Gasteiger partial charge in [-0.25, -0.2) is 0 Å². The fraction of sp³-hybridized carbons (Fsp3) is 0.786. The molecule has 2 aliphatic rings. The summed E-state index contributed by atoms with van der Waals surface area (Å²) in [6.07, 6.45) is 2.48. The van der Waals surface area contributed by atoms with Crippen LogP contribution in [0.15, 0.2) is 0 Å². The molecule has 2 unspecified atom stereocenters. The first kappa shape index (κ1) is 18.7. The highest BCUT2D eigenvalue weighted by Crippen LogP contribution is 2.36. The molecule has 2 atom stereocenters. The van der Waals surface area contributed by atoms with Gasteiger partial charge in [-0.05, 0) is 25.7 Å². The SMILES string of the molecule is COC(=O)C(N)CC1CC2(CCN(C(C)=O)CC2)NC1=O.Cl. The van der Waals surface area contributed by atoms with Gasteiger partial charge in [0.2, 0.25) is 11.8 Å². The highest BCUT2D eigenvalue weighted by molar-refractivity contribution is 5.85. The summed E-state index contributed by atoms with van der Waals surface area (Å²) in [7, 11) is 1.29. The van der Waals surface area contributed by atoms with Crippen molar-refractivity contribution in [3.05, 3.63) is 0 Å². The number of piperidine rings is 1. The van der Waals surface area contributed by atoms with Crippen LogP contribution in [0.25, 0.3) is 0 Å². The predicted molar refractivity (Wildman–Crippen MR) is 82.3 cm³/mol. The average molecular weight is 334 g/mol. The van der Waals surface area contributed by atoms with E-state index in [1.165, 1.54) is 7.11 Å². The van der Waals surface area contributed by atoms with E-state index >= 15 is 0 Å². The minimum absolute atomic E-state index is 0. The van der Waals surface area contributed by atoms with Crippen molar-refractivity contribution in [3.63, 3.8) is 0 Å². The second-order valence-corrected chi connectivity index (χ2v) is 6.04. The number of likely N-dealkylation sites (tertiary alicyclic amines) is 1. The number of methoxy groups -OCH3 is 1. The first-order valence-corrected chi connectivity index (χ1v) is 7.28. The molecule has 0 aliphatic carbocycles. The number of halogens is 1. The maximum absolute atomic E-state index is 12.1. The fourth-order valence-electron chi connectivity index (χ4n) is 3.30. The lowest BCUT2D eigenvalue weighted by atomic mass is 9.82. The number of carbonyl (C=O) groups excluding carboxylic acids is 3. The summed E-state index contributed by atoms with van der Waals surface area (Å²) in [5.74, 6) is -0.734. The van der Waals surface area contributed by atoms with Gasteiger partial charge in [-0.15, -0.1) is 12.4 Å². The van der Waals surface area contributed by atoms with Crippen molar-refractivity contribution in [2.75, 3.05) is 20.2 Å². The molecule has 3 N–H and O–H groups in total. The van der Waals surface area contributed by atoms with Gasteiger partial charge in [-0.2, -0.15) is 0 Å². The van der Waals surface area contributed by atoms with E-state index in [4.69, 9.17) is 5.73 Å². The first-order valence-electron chi connectivity index (χ1n) is 7.28. The minimum Gasteiger partial charge on any atom is -0.468 e. The number of carbonyl (C=O) groups is 3. The standard InChI is InChI=1S/C14H23N3O4.ClH/c1-9(18)17-5-3-14(4-6-17)8-10(12(19)16-14)7-11(15)13(20)21-2;/h10-11H,3-8,15H2,1-2H3,(H,16,19);1H. The summed E-state index contributed by atoms with van der Waals surface area (Å²) in [6, 6.07) is -0.766. The predicted octanol–water partition coefficient (Wildman–Crippen LogP) is -0.184. The smallest absolute Gasteiger partial charge is 0.322 e. The van der Waals surface area contributed by atoms with E-state index in [0.717, 1.165) is 12.8 Å². The largest absolute Gasteiger partial charge is 0.468 e. The average Bonchev–Trinajstić information content (AvgIpc) is 2.74. The molecule has 1 spiro atoms. The second-order valence-electron chi connectivity index (χ2n) is 6.04. The molecule has 2 rings (SSSR count). The monoisotopic (exact) mass is 333 g/mol. The zero-order chi connectivity index (χ0) is 15.6. The van der Waals surface area contributed by atoms with Crippen LogP contribution in [0.3, 0.4) is 0 Å². The molecule has 2 fully saturated rings. The third kappa shape index (κ3) is 3.89. The van der Waals surface area contributed by atoms with Crippen molar-refractivity contribution in [1.82, 2.24) is 10.2 Å². The molecule has 2 amide bonds. The van der Waals surface area contributed by atoms with E-state index in [1.807, 2.05) is 0 Å². The Hall–Kier alpha value is -1.34. The summed E-state index contributed by atoms with van der Waals surface area (Å²) in [4.78, 5) is 36.6. The molecule has 2 saturated heterocycles. The number of amides is 2. The molecule has 126 valence electrons. The Labute approximate surface area is 136 Å². The molecule has 0 aromatic rings. The Morgan fingerprint density at radius 3 is 2.55 bits per heavy atom. The molecule has 2 aliphatic heterocycles. The molecule has 0 aromatic heterocycles. The number of esters is 1. The zero-order valence-corrected chi connectivity index (χ0v) is 13.8. The first-order chi connectivity index (χ1) is 9.87. The second kappa shape index (κ2) is 7.28. The van der Waals surface area contributed by atoms with Crippen molar-refractivity contribution < 1.29 is 19.1 Å². The van der Waals surface area contributed by atoms with Crippen molar-refractivity contribution >= 4 is 30.2 Å². The number of nitrogens with one attached hydrogen (secondary N) is 1. The number of hydrogen-bond donors (Lipinski definition) is 2. The van der Waals surface area contributed by atoms with Crippen molar-refractivity contribution in [2.45, 2.75) is 44.2 Å². The number of nitrogens with two attached hydrogens (primary N) is 1. The molecule has 8 heteroatoms. The lowest BCUT2D eigenvalue weighted by Crippen LogP contribution is -2.51. The van der Waals surface area contributed by atoms with Crippen LogP contribution >= 0.6 is 12.4 Å². The minimum atomic E-state index is -0.766. The van der Waals surface area contributed by atoms with Gasteiger partial charge in [0, 0.05) is 31.5 Å². The van der Waals surface area contributed by atoms with Crippen LogP contribution in [0, 0.1) is 5.92 Å². The summed E-state index contributed by atoms with van der Waals surface area (Å²) in [6.45, 7) is 2.88. The lowest BCUT2D eigenvalue weighted by molar-refractivity contribution is -0.142. The maximum Gasteiger partial charge on any atom is 0.322 e. The molecule has 0 aromatic carbocycles. The van der Waals surface area contributed by atoms with Gasteiger partial charge in [0.1, 0.15) is 6.04 Å². The van der Waals surface area contributed by atoms with Crippen LogP contribution in [0.1, 0.15) is 32.6 Å². The van der Waals surface area contributed by atoms with Crippen LogP contribution < -0.4 is 11.1 Å². The van der Waals surface area contributed by atoms with Gasteiger partial charge >= 0.3 is 5.97 Å². The zero-order valence-electron chi connectivity index (χ0n) is 13.0. The van der Waals surface area contributed by atoms with Crippen molar-refractivity contribution in [2.24, 2.45) is 11.7 Å². The van der Waals surface area contributed by atoms with Gasteiger partial charge in [0.25, 0.3) is 0 Å². The van der Waals surface area contributed by atoms with Crippen LogP contribution in [0.5, 0.6) is 0 Å². The number of nitrogens with zero attached hydrogens (tertiary/aromatic N) is 1. The Kier molecular flexibility index (Phi) is 6.19. The van der Waals surface area contributed by atoms with E-state index in [0.29, 0.717) is 25.9 Å². The van der Waals surface area contributed by atoms with Crippen molar-refractivity contribution in [3.8, 4) is 0 Å². The highest BCUT2D eigenvalue weighted by atomic mass is 35.5.